The Morgan fingerprint density at radius 1 is 0.955 bits per heavy atom. The van der Waals surface area contributed by atoms with E-state index in [0.29, 0.717) is 0 Å². The first-order chi connectivity index (χ1) is 10.4. The highest BCUT2D eigenvalue weighted by Crippen LogP contribution is 2.36. The van der Waals surface area contributed by atoms with Gasteiger partial charge in [-0.05, 0) is 45.3 Å². The molecule has 0 atom stereocenters. The van der Waals surface area contributed by atoms with Gasteiger partial charge in [0.25, 0.3) is 0 Å². The van der Waals surface area contributed by atoms with Crippen LogP contribution in [0, 0.1) is 0 Å². The van der Waals surface area contributed by atoms with E-state index < -0.39 is 0 Å². The summed E-state index contributed by atoms with van der Waals surface area (Å²) in [5.74, 6) is 0. The van der Waals surface area contributed by atoms with E-state index in [2.05, 4.69) is 55.9 Å². The predicted molar refractivity (Wildman–Crippen MR) is 89.3 cm³/mol. The molecule has 1 fully saturated rings. The standard InChI is InChI=1S/C17H19BN2O2/c1-16(2)17(3,4)22-18(21-16)11-5-6-12-13-10-19-8-7-14(13)20-15(12)9-11/h5-10,20H,1-4H3. The zero-order chi connectivity index (χ0) is 15.5. The number of aromatic amines is 1. The molecule has 4 rings (SSSR count). The topological polar surface area (TPSA) is 47.1 Å². The number of nitrogens with zero attached hydrogens (tertiary/aromatic N) is 1. The number of benzene rings is 1. The molecule has 0 spiro atoms. The maximum atomic E-state index is 6.12. The van der Waals surface area contributed by atoms with E-state index in [-0.39, 0.29) is 18.3 Å². The summed E-state index contributed by atoms with van der Waals surface area (Å²) >= 11 is 0. The van der Waals surface area contributed by atoms with Gasteiger partial charge in [0.1, 0.15) is 0 Å². The van der Waals surface area contributed by atoms with Gasteiger partial charge in [-0.15, -0.1) is 0 Å². The fourth-order valence-electron chi connectivity index (χ4n) is 2.89. The molecule has 5 heteroatoms. The van der Waals surface area contributed by atoms with Crippen molar-refractivity contribution in [3.05, 3.63) is 36.7 Å². The fraction of sp³-hybridized carbons (Fsp3) is 0.353. The van der Waals surface area contributed by atoms with Crippen LogP contribution in [0.25, 0.3) is 21.8 Å². The zero-order valence-electron chi connectivity index (χ0n) is 13.3. The Bertz CT molecular complexity index is 853. The number of fused-ring (bicyclic) bond motifs is 3. The molecule has 0 unspecified atom stereocenters. The van der Waals surface area contributed by atoms with Crippen LogP contribution in [0.3, 0.4) is 0 Å². The lowest BCUT2D eigenvalue weighted by atomic mass is 9.79. The van der Waals surface area contributed by atoms with E-state index in [1.807, 2.05) is 12.3 Å². The normalized spacial score (nSPS) is 20.1. The summed E-state index contributed by atoms with van der Waals surface area (Å²) in [5, 5.41) is 2.31. The molecular weight excluding hydrogens is 275 g/mol. The van der Waals surface area contributed by atoms with Gasteiger partial charge in [-0.2, -0.15) is 0 Å². The average molecular weight is 294 g/mol. The van der Waals surface area contributed by atoms with Crippen LogP contribution in [0.2, 0.25) is 0 Å². The van der Waals surface area contributed by atoms with E-state index in [1.165, 1.54) is 5.39 Å². The molecule has 0 saturated carbocycles. The van der Waals surface area contributed by atoms with Crippen LogP contribution in [0.1, 0.15) is 27.7 Å². The van der Waals surface area contributed by atoms with Gasteiger partial charge in [0.05, 0.1) is 11.2 Å². The number of nitrogens with one attached hydrogen (secondary N) is 1. The van der Waals surface area contributed by atoms with Crippen molar-refractivity contribution in [1.29, 1.82) is 0 Å². The van der Waals surface area contributed by atoms with E-state index in [1.54, 1.807) is 6.20 Å². The lowest BCUT2D eigenvalue weighted by molar-refractivity contribution is 0.00578. The number of pyridine rings is 1. The zero-order valence-corrected chi connectivity index (χ0v) is 13.3. The highest BCUT2D eigenvalue weighted by atomic mass is 16.7. The van der Waals surface area contributed by atoms with Gasteiger partial charge >= 0.3 is 7.12 Å². The maximum absolute atomic E-state index is 6.12. The van der Waals surface area contributed by atoms with Crippen LogP contribution in [0.15, 0.2) is 36.7 Å². The lowest BCUT2D eigenvalue weighted by Crippen LogP contribution is -2.41. The van der Waals surface area contributed by atoms with Gasteiger partial charge in [-0.3, -0.25) is 4.98 Å². The molecule has 0 bridgehead atoms. The minimum atomic E-state index is -0.334. The molecule has 1 aliphatic heterocycles. The second kappa shape index (κ2) is 4.34. The Morgan fingerprint density at radius 3 is 2.41 bits per heavy atom. The average Bonchev–Trinajstić information content (AvgIpc) is 2.93. The summed E-state index contributed by atoms with van der Waals surface area (Å²) in [6, 6.07) is 8.28. The van der Waals surface area contributed by atoms with Crippen molar-refractivity contribution >= 4 is 34.4 Å². The Labute approximate surface area is 130 Å². The Kier molecular flexibility index (Phi) is 2.72. The SMILES string of the molecule is CC1(C)OB(c2ccc3c(c2)[nH]c2ccncc23)OC1(C)C. The molecule has 2 aromatic heterocycles. The van der Waals surface area contributed by atoms with Crippen LogP contribution in [-0.4, -0.2) is 28.3 Å². The third-order valence-corrected chi connectivity index (χ3v) is 4.95. The maximum Gasteiger partial charge on any atom is 0.494 e. The third-order valence-electron chi connectivity index (χ3n) is 4.95. The smallest absolute Gasteiger partial charge is 0.399 e. The number of rotatable bonds is 1. The Morgan fingerprint density at radius 2 is 1.68 bits per heavy atom. The summed E-state index contributed by atoms with van der Waals surface area (Å²) in [7, 11) is -0.334. The summed E-state index contributed by atoms with van der Waals surface area (Å²) in [5.41, 5.74) is 2.56. The van der Waals surface area contributed by atoms with Gasteiger partial charge < -0.3 is 14.3 Å². The van der Waals surface area contributed by atoms with Crippen LogP contribution >= 0.6 is 0 Å². The van der Waals surface area contributed by atoms with Crippen molar-refractivity contribution in [2.24, 2.45) is 0 Å². The molecule has 1 aliphatic rings. The highest BCUT2D eigenvalue weighted by Gasteiger charge is 2.51. The van der Waals surface area contributed by atoms with E-state index >= 15 is 0 Å². The molecule has 1 aromatic carbocycles. The molecule has 1 N–H and O–H groups in total. The predicted octanol–water partition coefficient (Wildman–Crippen LogP) is 3.02. The second-order valence-electron chi connectivity index (χ2n) is 6.94. The van der Waals surface area contributed by atoms with Gasteiger partial charge in [0.15, 0.2) is 0 Å². The summed E-state index contributed by atoms with van der Waals surface area (Å²) < 4.78 is 12.2. The quantitative estimate of drug-likeness (QED) is 0.702. The second-order valence-corrected chi connectivity index (χ2v) is 6.94. The first-order valence-corrected chi connectivity index (χ1v) is 7.58. The van der Waals surface area contributed by atoms with Crippen LogP contribution < -0.4 is 5.46 Å². The van der Waals surface area contributed by atoms with Crippen molar-refractivity contribution in [2.75, 3.05) is 0 Å². The first-order valence-electron chi connectivity index (χ1n) is 7.58. The van der Waals surface area contributed by atoms with Crippen LogP contribution in [-0.2, 0) is 9.31 Å². The largest absolute Gasteiger partial charge is 0.494 e. The van der Waals surface area contributed by atoms with Crippen molar-refractivity contribution in [3.8, 4) is 0 Å². The lowest BCUT2D eigenvalue weighted by Gasteiger charge is -2.32. The third kappa shape index (κ3) is 1.89. The monoisotopic (exact) mass is 294 g/mol. The molecule has 0 aliphatic carbocycles. The van der Waals surface area contributed by atoms with E-state index in [4.69, 9.17) is 9.31 Å². The number of H-pyrrole nitrogens is 1. The van der Waals surface area contributed by atoms with Gasteiger partial charge in [-0.1, -0.05) is 12.1 Å². The molecule has 3 aromatic rings. The minimum absolute atomic E-state index is 0.322. The number of hydrogen-bond acceptors (Lipinski definition) is 3. The molecule has 1 saturated heterocycles. The minimum Gasteiger partial charge on any atom is -0.399 e. The molecule has 4 nitrogen and oxygen atoms in total. The molecule has 3 heterocycles. The first kappa shape index (κ1) is 13.8. The van der Waals surface area contributed by atoms with E-state index in [9.17, 15) is 0 Å². The van der Waals surface area contributed by atoms with Crippen molar-refractivity contribution in [2.45, 2.75) is 38.9 Å². The number of hydrogen-bond donors (Lipinski definition) is 1. The van der Waals surface area contributed by atoms with Crippen LogP contribution in [0.5, 0.6) is 0 Å². The molecular formula is C17H19BN2O2. The highest BCUT2D eigenvalue weighted by molar-refractivity contribution is 6.62. The van der Waals surface area contributed by atoms with Crippen LogP contribution in [0.4, 0.5) is 0 Å². The van der Waals surface area contributed by atoms with Gasteiger partial charge in [-0.25, -0.2) is 0 Å². The Hall–Kier alpha value is -1.85. The summed E-state index contributed by atoms with van der Waals surface area (Å²) in [4.78, 5) is 7.64. The summed E-state index contributed by atoms with van der Waals surface area (Å²) in [6.45, 7) is 8.28. The fourth-order valence-corrected chi connectivity index (χ4v) is 2.89. The van der Waals surface area contributed by atoms with Gasteiger partial charge in [0.2, 0.25) is 0 Å². The Balaban J connectivity index is 1.79. The van der Waals surface area contributed by atoms with Crippen molar-refractivity contribution < 1.29 is 9.31 Å². The molecule has 112 valence electrons. The van der Waals surface area contributed by atoms with Crippen molar-refractivity contribution in [1.82, 2.24) is 9.97 Å². The molecule has 0 amide bonds. The van der Waals surface area contributed by atoms with Crippen molar-refractivity contribution in [3.63, 3.8) is 0 Å². The molecule has 22 heavy (non-hydrogen) atoms. The van der Waals surface area contributed by atoms with E-state index in [0.717, 1.165) is 21.9 Å². The summed E-state index contributed by atoms with van der Waals surface area (Å²) in [6.07, 6.45) is 3.69. The number of aromatic nitrogens is 2. The van der Waals surface area contributed by atoms with Gasteiger partial charge in [0, 0.05) is 34.2 Å². The molecule has 0 radical (unpaired) electrons.